The Balaban J connectivity index is 2.81. The van der Waals surface area contributed by atoms with Crippen LogP contribution in [0.3, 0.4) is 0 Å². The van der Waals surface area contributed by atoms with Crippen LogP contribution in [0.25, 0.3) is 10.9 Å². The molecule has 6 heteroatoms. The molecule has 0 amide bonds. The molecule has 0 aliphatic heterocycles. The molecule has 1 aromatic carbocycles. The molecule has 90 valence electrons. The number of anilines is 1. The van der Waals surface area contributed by atoms with Gasteiger partial charge in [0.1, 0.15) is 5.69 Å². The number of hydrogen-bond acceptors (Lipinski definition) is 3. The smallest absolute Gasteiger partial charge is 0.323 e. The Labute approximate surface area is 95.4 Å². The molecule has 3 nitrogen and oxygen atoms in total. The van der Waals surface area contributed by atoms with E-state index in [9.17, 15) is 13.2 Å². The summed E-state index contributed by atoms with van der Waals surface area (Å²) < 4.78 is 37.9. The summed E-state index contributed by atoms with van der Waals surface area (Å²) in [5.41, 5.74) is 2.50. The highest BCUT2D eigenvalue weighted by molar-refractivity contribution is 5.93. The molecule has 0 saturated carbocycles. The fraction of sp³-hybridized carbons (Fsp3) is 0.182. The van der Waals surface area contributed by atoms with Gasteiger partial charge in [-0.1, -0.05) is 18.2 Å². The Kier molecular flexibility index (Phi) is 2.66. The van der Waals surface area contributed by atoms with Gasteiger partial charge in [-0.05, 0) is 18.6 Å². The van der Waals surface area contributed by atoms with Crippen molar-refractivity contribution in [2.45, 2.75) is 13.1 Å². The van der Waals surface area contributed by atoms with Gasteiger partial charge >= 0.3 is 6.18 Å². The van der Waals surface area contributed by atoms with Gasteiger partial charge in [0.25, 0.3) is 0 Å². The van der Waals surface area contributed by atoms with Crippen LogP contribution < -0.4 is 11.3 Å². The number of fused-ring (bicyclic) bond motifs is 1. The average molecular weight is 241 g/mol. The van der Waals surface area contributed by atoms with Crippen molar-refractivity contribution in [3.8, 4) is 0 Å². The van der Waals surface area contributed by atoms with Crippen molar-refractivity contribution in [3.05, 3.63) is 35.5 Å². The number of aryl methyl sites for hydroxylation is 1. The standard InChI is InChI=1S/C11H10F3N3/c1-6-3-2-4-7-8(17-15)5-9(11(12,13)14)16-10(6)7/h2-5H,15H2,1H3,(H,16,17). The number of nitrogen functional groups attached to an aromatic ring is 1. The highest BCUT2D eigenvalue weighted by Crippen LogP contribution is 2.33. The first kappa shape index (κ1) is 11.7. The summed E-state index contributed by atoms with van der Waals surface area (Å²) in [6.07, 6.45) is -4.48. The van der Waals surface area contributed by atoms with E-state index in [0.717, 1.165) is 6.07 Å². The molecule has 0 aliphatic rings. The Bertz CT molecular complexity index is 564. The van der Waals surface area contributed by atoms with Gasteiger partial charge in [-0.25, -0.2) is 4.98 Å². The van der Waals surface area contributed by atoms with E-state index in [-0.39, 0.29) is 5.69 Å². The second kappa shape index (κ2) is 3.89. The van der Waals surface area contributed by atoms with Crippen molar-refractivity contribution in [1.82, 2.24) is 4.98 Å². The summed E-state index contributed by atoms with van der Waals surface area (Å²) in [5.74, 6) is 5.23. The molecule has 2 rings (SSSR count). The zero-order valence-corrected chi connectivity index (χ0v) is 8.97. The van der Waals surface area contributed by atoms with Crippen LogP contribution in [-0.4, -0.2) is 4.98 Å². The van der Waals surface area contributed by atoms with Gasteiger partial charge in [0.15, 0.2) is 0 Å². The lowest BCUT2D eigenvalue weighted by atomic mass is 10.1. The number of pyridine rings is 1. The maximum atomic E-state index is 12.6. The lowest BCUT2D eigenvalue weighted by Crippen LogP contribution is -2.13. The Hall–Kier alpha value is -1.82. The fourth-order valence-corrected chi connectivity index (χ4v) is 1.66. The lowest BCUT2D eigenvalue weighted by Gasteiger charge is -2.12. The molecule has 0 fully saturated rings. The lowest BCUT2D eigenvalue weighted by molar-refractivity contribution is -0.140. The van der Waals surface area contributed by atoms with Crippen molar-refractivity contribution < 1.29 is 13.2 Å². The van der Waals surface area contributed by atoms with Crippen LogP contribution in [0.5, 0.6) is 0 Å². The molecule has 0 atom stereocenters. The molecule has 1 aromatic heterocycles. The molecule has 0 unspecified atom stereocenters. The first-order chi connectivity index (χ1) is 7.93. The molecular formula is C11H10F3N3. The number of hydrazine groups is 1. The number of benzene rings is 1. The zero-order valence-electron chi connectivity index (χ0n) is 8.97. The van der Waals surface area contributed by atoms with E-state index in [4.69, 9.17) is 5.84 Å². The SMILES string of the molecule is Cc1cccc2c(NN)cc(C(F)(F)F)nc12. The molecule has 0 bridgehead atoms. The highest BCUT2D eigenvalue weighted by atomic mass is 19.4. The first-order valence-electron chi connectivity index (χ1n) is 4.87. The molecule has 2 aromatic rings. The number of para-hydroxylation sites is 1. The van der Waals surface area contributed by atoms with Crippen LogP contribution in [-0.2, 0) is 6.18 Å². The number of aromatic nitrogens is 1. The van der Waals surface area contributed by atoms with Crippen LogP contribution in [0, 0.1) is 6.92 Å². The summed E-state index contributed by atoms with van der Waals surface area (Å²) in [6, 6.07) is 6.02. The van der Waals surface area contributed by atoms with Crippen molar-refractivity contribution in [1.29, 1.82) is 0 Å². The third-order valence-electron chi connectivity index (χ3n) is 2.49. The first-order valence-corrected chi connectivity index (χ1v) is 4.87. The molecule has 3 N–H and O–H groups in total. The largest absolute Gasteiger partial charge is 0.433 e. The number of alkyl halides is 3. The zero-order chi connectivity index (χ0) is 12.6. The molecule has 0 saturated heterocycles. The second-order valence-electron chi connectivity index (χ2n) is 3.67. The Morgan fingerprint density at radius 2 is 2.00 bits per heavy atom. The molecule has 0 radical (unpaired) electrons. The van der Waals surface area contributed by atoms with E-state index >= 15 is 0 Å². The summed E-state index contributed by atoms with van der Waals surface area (Å²) >= 11 is 0. The maximum Gasteiger partial charge on any atom is 0.433 e. The summed E-state index contributed by atoms with van der Waals surface area (Å²) in [7, 11) is 0. The van der Waals surface area contributed by atoms with Gasteiger partial charge in [0.05, 0.1) is 11.2 Å². The van der Waals surface area contributed by atoms with Crippen molar-refractivity contribution in [3.63, 3.8) is 0 Å². The monoisotopic (exact) mass is 241 g/mol. The van der Waals surface area contributed by atoms with Crippen molar-refractivity contribution >= 4 is 16.6 Å². The maximum absolute atomic E-state index is 12.6. The minimum Gasteiger partial charge on any atom is -0.323 e. The van der Waals surface area contributed by atoms with Crippen LogP contribution in [0.15, 0.2) is 24.3 Å². The van der Waals surface area contributed by atoms with E-state index < -0.39 is 11.9 Å². The van der Waals surface area contributed by atoms with Crippen LogP contribution in [0.1, 0.15) is 11.3 Å². The molecular weight excluding hydrogens is 231 g/mol. The molecule has 1 heterocycles. The molecule has 0 aliphatic carbocycles. The highest BCUT2D eigenvalue weighted by Gasteiger charge is 2.33. The van der Waals surface area contributed by atoms with Gasteiger partial charge < -0.3 is 5.43 Å². The molecule has 0 spiro atoms. The van der Waals surface area contributed by atoms with E-state index in [0.29, 0.717) is 16.5 Å². The number of hydrogen-bond donors (Lipinski definition) is 2. The van der Waals surface area contributed by atoms with Crippen molar-refractivity contribution in [2.24, 2.45) is 5.84 Å². The van der Waals surface area contributed by atoms with E-state index in [1.54, 1.807) is 25.1 Å². The minimum absolute atomic E-state index is 0.214. The van der Waals surface area contributed by atoms with Gasteiger partial charge in [0.2, 0.25) is 0 Å². The van der Waals surface area contributed by atoms with Gasteiger partial charge in [-0.3, -0.25) is 5.84 Å². The van der Waals surface area contributed by atoms with Gasteiger partial charge in [-0.15, -0.1) is 0 Å². The number of nitrogens with two attached hydrogens (primary N) is 1. The number of rotatable bonds is 1. The van der Waals surface area contributed by atoms with Crippen molar-refractivity contribution in [2.75, 3.05) is 5.43 Å². The number of nitrogens with zero attached hydrogens (tertiary/aromatic N) is 1. The second-order valence-corrected chi connectivity index (χ2v) is 3.67. The summed E-state index contributed by atoms with van der Waals surface area (Å²) in [6.45, 7) is 1.70. The third kappa shape index (κ3) is 2.03. The quantitative estimate of drug-likeness (QED) is 0.596. The normalized spacial score (nSPS) is 11.8. The minimum atomic E-state index is -4.48. The van der Waals surface area contributed by atoms with Crippen LogP contribution in [0.4, 0.5) is 18.9 Å². The number of halogens is 3. The van der Waals surface area contributed by atoms with E-state index in [1.807, 2.05) is 0 Å². The third-order valence-corrected chi connectivity index (χ3v) is 2.49. The summed E-state index contributed by atoms with van der Waals surface area (Å²) in [4.78, 5) is 3.63. The fourth-order valence-electron chi connectivity index (χ4n) is 1.66. The predicted molar refractivity (Wildman–Crippen MR) is 59.3 cm³/mol. The van der Waals surface area contributed by atoms with Gasteiger partial charge in [-0.2, -0.15) is 13.2 Å². The topological polar surface area (TPSA) is 50.9 Å². The average Bonchev–Trinajstić information content (AvgIpc) is 2.27. The molecule has 17 heavy (non-hydrogen) atoms. The van der Waals surface area contributed by atoms with E-state index in [1.165, 1.54) is 0 Å². The van der Waals surface area contributed by atoms with E-state index in [2.05, 4.69) is 10.4 Å². The summed E-state index contributed by atoms with van der Waals surface area (Å²) in [5, 5.41) is 0.570. The Morgan fingerprint density at radius 3 is 2.59 bits per heavy atom. The van der Waals surface area contributed by atoms with Crippen LogP contribution >= 0.6 is 0 Å². The van der Waals surface area contributed by atoms with Gasteiger partial charge in [0, 0.05) is 5.39 Å². The Morgan fingerprint density at radius 1 is 1.29 bits per heavy atom. The van der Waals surface area contributed by atoms with Crippen LogP contribution in [0.2, 0.25) is 0 Å². The number of nitrogens with one attached hydrogen (secondary N) is 1. The predicted octanol–water partition coefficient (Wildman–Crippen LogP) is 2.85.